The van der Waals surface area contributed by atoms with Crippen LogP contribution in [-0.4, -0.2) is 49.8 Å². The van der Waals surface area contributed by atoms with E-state index in [0.717, 1.165) is 89.9 Å². The second-order valence-electron chi connectivity index (χ2n) is 25.8. The van der Waals surface area contributed by atoms with E-state index in [4.69, 9.17) is 63.8 Å². The molecular weight excluding hydrogens is 1400 g/mol. The van der Waals surface area contributed by atoms with Crippen molar-refractivity contribution in [2.75, 3.05) is 13.2 Å². The van der Waals surface area contributed by atoms with E-state index >= 15 is 18.3 Å². The molecular formula is C82H104O18P4. The molecule has 0 heterocycles. The third-order valence-electron chi connectivity index (χ3n) is 17.4. The molecule has 1 aliphatic rings. The minimum Gasteiger partial charge on any atom is -0.368 e. The lowest BCUT2D eigenvalue weighted by Gasteiger charge is -2.50. The summed E-state index contributed by atoms with van der Waals surface area (Å²) in [6, 6.07) is 72.6. The Bertz CT molecular complexity index is 3450. The van der Waals surface area contributed by atoms with Gasteiger partial charge in [-0.2, -0.15) is 0 Å². The number of rotatable bonds is 52. The summed E-state index contributed by atoms with van der Waals surface area (Å²) in [5.41, 5.74) is 4.87. The minimum atomic E-state index is -5.14. The van der Waals surface area contributed by atoms with E-state index in [1.165, 1.54) is 0 Å². The van der Waals surface area contributed by atoms with Gasteiger partial charge in [0.1, 0.15) is 36.6 Å². The molecule has 0 saturated heterocycles. The molecule has 0 bridgehead atoms. The molecule has 0 aromatic heterocycles. The number of benzene rings is 8. The van der Waals surface area contributed by atoms with Gasteiger partial charge in [-0.25, -0.2) is 18.3 Å². The monoisotopic (exact) mass is 1500 g/mol. The molecule has 1 fully saturated rings. The van der Waals surface area contributed by atoms with E-state index in [-0.39, 0.29) is 66.1 Å². The highest BCUT2D eigenvalue weighted by molar-refractivity contribution is 7.49. The molecule has 6 atom stereocenters. The second-order valence-corrected chi connectivity index (χ2v) is 32.2. The van der Waals surface area contributed by atoms with Crippen LogP contribution in [0.3, 0.4) is 0 Å². The summed E-state index contributed by atoms with van der Waals surface area (Å²) in [6.45, 7) is 1.85. The summed E-state index contributed by atoms with van der Waals surface area (Å²) in [6.07, 6.45) is 3.83. The number of hydrogen-bond acceptors (Lipinski definition) is 18. The van der Waals surface area contributed by atoms with Crippen LogP contribution in [0.2, 0.25) is 0 Å². The van der Waals surface area contributed by atoms with Crippen LogP contribution in [0, 0.1) is 0 Å². The van der Waals surface area contributed by atoms with Crippen molar-refractivity contribution in [1.29, 1.82) is 0 Å². The first-order chi connectivity index (χ1) is 50.9. The Kier molecular flexibility index (Phi) is 36.1. The first-order valence-electron chi connectivity index (χ1n) is 36.8. The van der Waals surface area contributed by atoms with Gasteiger partial charge in [0.05, 0.1) is 66.1 Å². The van der Waals surface area contributed by atoms with Crippen LogP contribution in [-0.2, 0) is 135 Å². The first-order valence-corrected chi connectivity index (χ1v) is 42.6. The highest BCUT2D eigenvalue weighted by atomic mass is 31.2. The van der Waals surface area contributed by atoms with Crippen molar-refractivity contribution in [2.24, 2.45) is 0 Å². The summed E-state index contributed by atoms with van der Waals surface area (Å²) in [7, 11) is -20.3. The summed E-state index contributed by atoms with van der Waals surface area (Å²) in [5, 5.41) is 0. The highest BCUT2D eigenvalue weighted by Crippen LogP contribution is 2.63. The van der Waals surface area contributed by atoms with E-state index in [9.17, 15) is 0 Å². The Morgan fingerprint density at radius 2 is 0.385 bits per heavy atom. The molecule has 560 valence electrons. The van der Waals surface area contributed by atoms with Gasteiger partial charge in [0.25, 0.3) is 0 Å². The Morgan fingerprint density at radius 1 is 0.212 bits per heavy atom. The van der Waals surface area contributed by atoms with Crippen molar-refractivity contribution < 1.29 is 82.0 Å². The molecule has 0 radical (unpaired) electrons. The summed E-state index contributed by atoms with van der Waals surface area (Å²) in [5.74, 6) is 0. The molecule has 0 amide bonds. The fraction of sp³-hybridized carbons (Fsp3) is 0.415. The van der Waals surface area contributed by atoms with Gasteiger partial charge >= 0.3 is 31.3 Å². The molecule has 0 aliphatic heterocycles. The lowest BCUT2D eigenvalue weighted by molar-refractivity contribution is -0.240. The first kappa shape index (κ1) is 82.2. The van der Waals surface area contributed by atoms with Crippen molar-refractivity contribution in [3.63, 3.8) is 0 Å². The quantitative estimate of drug-likeness (QED) is 0.0257. The van der Waals surface area contributed by atoms with E-state index in [0.29, 0.717) is 57.3 Å². The van der Waals surface area contributed by atoms with E-state index in [2.05, 4.69) is 13.8 Å². The van der Waals surface area contributed by atoms with Gasteiger partial charge in [0.2, 0.25) is 0 Å². The van der Waals surface area contributed by atoms with Gasteiger partial charge < -0.3 is 9.47 Å². The maximum absolute atomic E-state index is 16.7. The molecule has 1 aliphatic carbocycles. The van der Waals surface area contributed by atoms with Gasteiger partial charge in [-0.05, 0) is 57.3 Å². The van der Waals surface area contributed by atoms with Crippen molar-refractivity contribution in [1.82, 2.24) is 0 Å². The second kappa shape index (κ2) is 45.7. The number of hydrogen-bond donors (Lipinski definition) is 0. The average Bonchev–Trinajstić information content (AvgIpc) is 0.741. The zero-order valence-electron chi connectivity index (χ0n) is 60.1. The molecule has 1 saturated carbocycles. The average molecular weight is 1500 g/mol. The van der Waals surface area contributed by atoms with Crippen LogP contribution >= 0.6 is 31.3 Å². The number of unbranched alkanes of at least 4 members (excludes halogenated alkanes) is 14. The molecule has 8 aromatic rings. The van der Waals surface area contributed by atoms with Crippen LogP contribution in [0.25, 0.3) is 0 Å². The van der Waals surface area contributed by atoms with E-state index in [1.54, 1.807) is 72.8 Å². The van der Waals surface area contributed by atoms with E-state index in [1.807, 2.05) is 170 Å². The zero-order chi connectivity index (χ0) is 72.7. The summed E-state index contributed by atoms with van der Waals surface area (Å²) >= 11 is 0. The topological polar surface area (TPSA) is 197 Å². The Balaban J connectivity index is 1.27. The van der Waals surface area contributed by atoms with Gasteiger partial charge in [0.15, 0.2) is 0 Å². The molecule has 0 spiro atoms. The van der Waals surface area contributed by atoms with Crippen LogP contribution in [0.15, 0.2) is 243 Å². The molecule has 0 N–H and O–H groups in total. The Hall–Kier alpha value is -5.88. The Morgan fingerprint density at radius 3 is 0.606 bits per heavy atom. The lowest BCUT2D eigenvalue weighted by atomic mass is 9.84. The predicted molar refractivity (Wildman–Crippen MR) is 404 cm³/mol. The SMILES string of the molecule is CCCCCCCCCCOP(=O)(OCCCCCCCCCC)OC1[C@@H](OP(=O)(OCc2ccccc2)OCc2ccccc2)[C@H](OCc2ccccc2)C(OP(=O)(OCc2ccccc2)OCc2ccccc2)[C@H](OCc2ccccc2)[C@H]1OP(=O)(OCc1ccccc1)OCc1ccccc1. The van der Waals surface area contributed by atoms with Crippen LogP contribution in [0.5, 0.6) is 0 Å². The number of ether oxygens (including phenoxy) is 2. The molecule has 22 heteroatoms. The third-order valence-corrected chi connectivity index (χ3v) is 23.1. The van der Waals surface area contributed by atoms with E-state index < -0.39 is 67.9 Å². The van der Waals surface area contributed by atoms with Gasteiger partial charge in [0, 0.05) is 0 Å². The molecule has 9 rings (SSSR count). The molecule has 8 aromatic carbocycles. The van der Waals surface area contributed by atoms with Crippen molar-refractivity contribution in [2.45, 2.75) is 206 Å². The van der Waals surface area contributed by atoms with Gasteiger partial charge in [-0.3, -0.25) is 54.3 Å². The van der Waals surface area contributed by atoms with Crippen molar-refractivity contribution in [3.8, 4) is 0 Å². The molecule has 18 nitrogen and oxygen atoms in total. The van der Waals surface area contributed by atoms with Gasteiger partial charge in [-0.1, -0.05) is 346 Å². The standard InChI is InChI=1S/C82H104O18P4/c1-3-5-7-9-11-13-15-41-59-89-101(83,90-60-42-16-14-12-10-8-6-4-2)100-82-80(98-103(85,93-65-73-51-33-21-34-52-73)94-66-74-53-35-22-36-54-74)77(87-61-69-43-25-17-26-44-69)79(97-102(84,91-63-71-47-29-19-30-48-71)92-64-72-49-31-20-32-50-72)78(88-62-70-45-27-18-28-46-70)81(82)99-104(86,95-67-75-55-37-23-38-56-75)96-68-76-57-39-24-40-58-76/h17-40,43-58,77-82H,3-16,41-42,59-68H2,1-2H3/t77-,78+,79?,80+,81-,82?. The Labute approximate surface area is 616 Å². The predicted octanol–water partition coefficient (Wildman–Crippen LogP) is 22.8. The van der Waals surface area contributed by atoms with Crippen molar-refractivity contribution in [3.05, 3.63) is 287 Å². The zero-order valence-corrected chi connectivity index (χ0v) is 63.7. The third kappa shape index (κ3) is 29.4. The van der Waals surface area contributed by atoms with Crippen LogP contribution < -0.4 is 0 Å². The largest absolute Gasteiger partial charge is 0.475 e. The summed E-state index contributed by atoms with van der Waals surface area (Å²) < 4.78 is 162. The van der Waals surface area contributed by atoms with Gasteiger partial charge in [-0.15, -0.1) is 0 Å². The van der Waals surface area contributed by atoms with Crippen LogP contribution in [0.4, 0.5) is 0 Å². The maximum atomic E-state index is 16.7. The maximum Gasteiger partial charge on any atom is 0.475 e. The molecule has 2 unspecified atom stereocenters. The molecule has 104 heavy (non-hydrogen) atoms. The fourth-order valence-electron chi connectivity index (χ4n) is 11.7. The minimum absolute atomic E-state index is 0.0839. The van der Waals surface area contributed by atoms with Crippen molar-refractivity contribution >= 4 is 31.3 Å². The highest BCUT2D eigenvalue weighted by Gasteiger charge is 2.62. The van der Waals surface area contributed by atoms with Crippen LogP contribution in [0.1, 0.15) is 161 Å². The number of phosphoric acid groups is 4. The fourth-order valence-corrected chi connectivity index (χ4v) is 17.2. The summed E-state index contributed by atoms with van der Waals surface area (Å²) in [4.78, 5) is 0. The normalized spacial score (nSPS) is 17.3. The smallest absolute Gasteiger partial charge is 0.368 e. The number of phosphoric ester groups is 4. The lowest BCUT2D eigenvalue weighted by Crippen LogP contribution is -2.67.